The molecule has 6 nitrogen and oxygen atoms in total. The van der Waals surface area contributed by atoms with Crippen LogP contribution in [0.1, 0.15) is 40.4 Å². The second-order valence-electron chi connectivity index (χ2n) is 5.27. The van der Waals surface area contributed by atoms with Gasteiger partial charge in [-0.3, -0.25) is 10.2 Å². The van der Waals surface area contributed by atoms with Crippen LogP contribution >= 0.6 is 23.2 Å². The lowest BCUT2D eigenvalue weighted by Crippen LogP contribution is -2.47. The molecule has 0 radical (unpaired) electrons. The third kappa shape index (κ3) is 4.43. The molecule has 1 unspecified atom stereocenters. The molecule has 0 aliphatic heterocycles. The van der Waals surface area contributed by atoms with Crippen molar-refractivity contribution in [1.29, 1.82) is 0 Å². The van der Waals surface area contributed by atoms with Crippen LogP contribution in [0, 0.1) is 13.8 Å². The van der Waals surface area contributed by atoms with Gasteiger partial charge in [0.25, 0.3) is 5.91 Å². The zero-order valence-corrected chi connectivity index (χ0v) is 14.9. The highest BCUT2D eigenvalue weighted by Crippen LogP contribution is 2.25. The number of hydrogen-bond acceptors (Lipinski definition) is 3. The summed E-state index contributed by atoms with van der Waals surface area (Å²) in [6, 6.07) is 5.80. The Morgan fingerprint density at radius 1 is 1.08 bits per heavy atom. The number of carbonyl (C=O) groups is 2. The standard InChI is InChI=1S/C16H17Cl2N3O3/c1-8-6-12(10(3)24-8)15(22)20-21-16(23)19-9(2)11-4-5-13(17)14(18)7-11/h4-7,9H,1-3H3,(H,20,22)(H2,19,21,23). The molecule has 0 bridgehead atoms. The highest BCUT2D eigenvalue weighted by atomic mass is 35.5. The van der Waals surface area contributed by atoms with E-state index in [0.717, 1.165) is 5.56 Å². The monoisotopic (exact) mass is 369 g/mol. The topological polar surface area (TPSA) is 83.4 Å². The van der Waals surface area contributed by atoms with Crippen LogP contribution in [0.5, 0.6) is 0 Å². The van der Waals surface area contributed by atoms with E-state index in [1.165, 1.54) is 0 Å². The van der Waals surface area contributed by atoms with Crippen molar-refractivity contribution in [2.75, 3.05) is 0 Å². The molecule has 128 valence electrons. The summed E-state index contributed by atoms with van der Waals surface area (Å²) in [5, 5.41) is 3.52. The molecule has 1 heterocycles. The number of carbonyl (C=O) groups excluding carboxylic acids is 2. The molecule has 0 aliphatic carbocycles. The Morgan fingerprint density at radius 2 is 1.79 bits per heavy atom. The molecular formula is C16H17Cl2N3O3. The fraction of sp³-hybridized carbons (Fsp3) is 0.250. The lowest BCUT2D eigenvalue weighted by molar-refractivity contribution is 0.0934. The Bertz CT molecular complexity index is 774. The van der Waals surface area contributed by atoms with E-state index in [-0.39, 0.29) is 6.04 Å². The average Bonchev–Trinajstić information content (AvgIpc) is 2.86. The van der Waals surface area contributed by atoms with E-state index in [1.807, 2.05) is 0 Å². The minimum absolute atomic E-state index is 0.324. The first-order valence-corrected chi connectivity index (χ1v) is 7.92. The number of nitrogens with one attached hydrogen (secondary N) is 3. The van der Waals surface area contributed by atoms with Gasteiger partial charge in [0.05, 0.1) is 21.7 Å². The minimum atomic E-state index is -0.556. The highest BCUT2D eigenvalue weighted by molar-refractivity contribution is 6.42. The lowest BCUT2D eigenvalue weighted by Gasteiger charge is -2.16. The van der Waals surface area contributed by atoms with Crippen molar-refractivity contribution in [3.05, 3.63) is 57.0 Å². The zero-order valence-electron chi connectivity index (χ0n) is 13.4. The van der Waals surface area contributed by atoms with Gasteiger partial charge in [-0.25, -0.2) is 10.2 Å². The van der Waals surface area contributed by atoms with Gasteiger partial charge in [0.2, 0.25) is 0 Å². The maximum absolute atomic E-state index is 12.0. The van der Waals surface area contributed by atoms with Crippen molar-refractivity contribution in [2.45, 2.75) is 26.8 Å². The number of aryl methyl sites for hydroxylation is 2. The summed E-state index contributed by atoms with van der Waals surface area (Å²) in [5.74, 6) is 0.647. The van der Waals surface area contributed by atoms with Gasteiger partial charge in [-0.15, -0.1) is 0 Å². The number of furan rings is 1. The zero-order chi connectivity index (χ0) is 17.9. The van der Waals surface area contributed by atoms with Crippen molar-refractivity contribution in [3.8, 4) is 0 Å². The summed E-state index contributed by atoms with van der Waals surface area (Å²) in [6.45, 7) is 5.20. The summed E-state index contributed by atoms with van der Waals surface area (Å²) in [4.78, 5) is 23.9. The second kappa shape index (κ2) is 7.59. The average molecular weight is 370 g/mol. The SMILES string of the molecule is Cc1cc(C(=O)NNC(=O)NC(C)c2ccc(Cl)c(Cl)c2)c(C)o1. The van der Waals surface area contributed by atoms with E-state index in [9.17, 15) is 9.59 Å². The maximum atomic E-state index is 12.0. The number of urea groups is 1. The van der Waals surface area contributed by atoms with Gasteiger partial charge < -0.3 is 9.73 Å². The van der Waals surface area contributed by atoms with Gasteiger partial charge in [-0.05, 0) is 44.5 Å². The van der Waals surface area contributed by atoms with E-state index >= 15 is 0 Å². The molecule has 0 saturated heterocycles. The molecule has 0 saturated carbocycles. The molecular weight excluding hydrogens is 353 g/mol. The Kier molecular flexibility index (Phi) is 5.75. The predicted octanol–water partition coefficient (Wildman–Crippen LogP) is 3.91. The van der Waals surface area contributed by atoms with Crippen molar-refractivity contribution >= 4 is 35.1 Å². The summed E-state index contributed by atoms with van der Waals surface area (Å²) in [5.41, 5.74) is 5.77. The fourth-order valence-electron chi connectivity index (χ4n) is 2.13. The van der Waals surface area contributed by atoms with Crippen LogP contribution in [0.3, 0.4) is 0 Å². The number of benzene rings is 1. The van der Waals surface area contributed by atoms with Crippen LogP contribution < -0.4 is 16.2 Å². The fourth-order valence-corrected chi connectivity index (χ4v) is 2.44. The van der Waals surface area contributed by atoms with Gasteiger partial charge in [-0.2, -0.15) is 0 Å². The molecule has 8 heteroatoms. The molecule has 0 aliphatic rings. The van der Waals surface area contributed by atoms with Crippen molar-refractivity contribution in [2.24, 2.45) is 0 Å². The van der Waals surface area contributed by atoms with Crippen LogP contribution in [0.4, 0.5) is 4.79 Å². The Hall–Kier alpha value is -2.18. The van der Waals surface area contributed by atoms with Crippen molar-refractivity contribution < 1.29 is 14.0 Å². The minimum Gasteiger partial charge on any atom is -0.466 e. The second-order valence-corrected chi connectivity index (χ2v) is 6.09. The molecule has 2 aromatic rings. The highest BCUT2D eigenvalue weighted by Gasteiger charge is 2.15. The first kappa shape index (κ1) is 18.2. The van der Waals surface area contributed by atoms with E-state index in [0.29, 0.717) is 27.1 Å². The number of halogens is 2. The summed E-state index contributed by atoms with van der Waals surface area (Å²) >= 11 is 11.8. The Morgan fingerprint density at radius 3 is 2.38 bits per heavy atom. The smallest absolute Gasteiger partial charge is 0.333 e. The van der Waals surface area contributed by atoms with E-state index in [1.54, 1.807) is 45.0 Å². The normalized spacial score (nSPS) is 11.7. The molecule has 2 rings (SSSR count). The largest absolute Gasteiger partial charge is 0.466 e. The van der Waals surface area contributed by atoms with E-state index < -0.39 is 11.9 Å². The van der Waals surface area contributed by atoms with Gasteiger partial charge in [0, 0.05) is 0 Å². The Balaban J connectivity index is 1.89. The van der Waals surface area contributed by atoms with Crippen LogP contribution in [0.15, 0.2) is 28.7 Å². The van der Waals surface area contributed by atoms with Crippen molar-refractivity contribution in [3.63, 3.8) is 0 Å². The molecule has 1 aromatic heterocycles. The van der Waals surface area contributed by atoms with Crippen molar-refractivity contribution in [1.82, 2.24) is 16.2 Å². The molecule has 1 atom stereocenters. The third-order valence-corrected chi connectivity index (χ3v) is 4.11. The molecule has 0 fully saturated rings. The number of hydrazine groups is 1. The number of rotatable bonds is 3. The first-order chi connectivity index (χ1) is 11.3. The first-order valence-electron chi connectivity index (χ1n) is 7.16. The van der Waals surface area contributed by atoms with E-state index in [2.05, 4.69) is 16.2 Å². The lowest BCUT2D eigenvalue weighted by atomic mass is 10.1. The third-order valence-electron chi connectivity index (χ3n) is 3.37. The summed E-state index contributed by atoms with van der Waals surface area (Å²) < 4.78 is 5.27. The number of amides is 3. The van der Waals surface area contributed by atoms with Gasteiger partial charge in [0.15, 0.2) is 0 Å². The van der Waals surface area contributed by atoms with Crippen LogP contribution in [0.2, 0.25) is 10.0 Å². The molecule has 3 amide bonds. The summed E-state index contributed by atoms with van der Waals surface area (Å²) in [6.07, 6.45) is 0. The number of hydrogen-bond donors (Lipinski definition) is 3. The maximum Gasteiger partial charge on any atom is 0.333 e. The molecule has 0 spiro atoms. The molecule has 3 N–H and O–H groups in total. The van der Waals surface area contributed by atoms with E-state index in [4.69, 9.17) is 27.6 Å². The summed E-state index contributed by atoms with van der Waals surface area (Å²) in [7, 11) is 0. The quantitative estimate of drug-likeness (QED) is 0.717. The van der Waals surface area contributed by atoms with Gasteiger partial charge in [0.1, 0.15) is 11.5 Å². The predicted molar refractivity (Wildman–Crippen MR) is 92.2 cm³/mol. The van der Waals surface area contributed by atoms with Crippen LogP contribution in [0.25, 0.3) is 0 Å². The van der Waals surface area contributed by atoms with Gasteiger partial charge in [-0.1, -0.05) is 29.3 Å². The molecule has 24 heavy (non-hydrogen) atoms. The Labute approximate surface area is 149 Å². The van der Waals surface area contributed by atoms with Gasteiger partial charge >= 0.3 is 6.03 Å². The molecule has 1 aromatic carbocycles. The van der Waals surface area contributed by atoms with Crippen LogP contribution in [-0.2, 0) is 0 Å². The van der Waals surface area contributed by atoms with Crippen LogP contribution in [-0.4, -0.2) is 11.9 Å².